The van der Waals surface area contributed by atoms with Gasteiger partial charge in [0, 0.05) is 12.2 Å². The first kappa shape index (κ1) is 18.7. The molecule has 7 heteroatoms. The molecule has 1 aliphatic rings. The number of aromatic nitrogens is 2. The maximum atomic E-state index is 11.4. The van der Waals surface area contributed by atoms with Crippen LogP contribution in [0, 0.1) is 5.41 Å². The highest BCUT2D eigenvalue weighted by Crippen LogP contribution is 2.32. The summed E-state index contributed by atoms with van der Waals surface area (Å²) in [7, 11) is 1.36. The molecule has 0 saturated carbocycles. The summed E-state index contributed by atoms with van der Waals surface area (Å²) in [5, 5.41) is 19.4. The number of ether oxygens (including phenoxy) is 1. The molecule has 0 spiro atoms. The fourth-order valence-corrected chi connectivity index (χ4v) is 3.65. The van der Waals surface area contributed by atoms with E-state index in [-0.39, 0.29) is 30.5 Å². The summed E-state index contributed by atoms with van der Waals surface area (Å²) in [6.07, 6.45) is 0.198. The number of nitrogens with one attached hydrogen (secondary N) is 1. The molecular weight excluding hydrogens is 368 g/mol. The van der Waals surface area contributed by atoms with Gasteiger partial charge in [-0.05, 0) is 36.8 Å². The lowest BCUT2D eigenvalue weighted by atomic mass is 10.1. The maximum absolute atomic E-state index is 11.4. The standard InChI is InChI=1S/C22H22N4O3/c1-3-25-17-7-5-4-6-16(17)24-22(25)20-18(27)13-26(21(20)23)15-10-8-14(9-11-15)12-19(28)29-2/h4-11,23,27H,3,12-13H2,1-2H3. The number of aliphatic hydroxyl groups is 1. The number of para-hydroxylation sites is 2. The van der Waals surface area contributed by atoms with Crippen LogP contribution in [0.3, 0.4) is 0 Å². The molecule has 0 atom stereocenters. The summed E-state index contributed by atoms with van der Waals surface area (Å²) < 4.78 is 6.70. The van der Waals surface area contributed by atoms with Crippen molar-refractivity contribution in [3.63, 3.8) is 0 Å². The largest absolute Gasteiger partial charge is 0.509 e. The molecule has 4 rings (SSSR count). The van der Waals surface area contributed by atoms with Crippen LogP contribution in [-0.4, -0.2) is 40.1 Å². The summed E-state index contributed by atoms with van der Waals surface area (Å²) in [6.45, 7) is 2.91. The number of imidazole rings is 1. The van der Waals surface area contributed by atoms with Gasteiger partial charge in [-0.25, -0.2) is 4.98 Å². The monoisotopic (exact) mass is 390 g/mol. The number of esters is 1. The molecule has 2 aromatic carbocycles. The molecule has 29 heavy (non-hydrogen) atoms. The van der Waals surface area contributed by atoms with E-state index in [1.807, 2.05) is 60.0 Å². The molecule has 1 aromatic heterocycles. The highest BCUT2D eigenvalue weighted by atomic mass is 16.5. The normalized spacial score (nSPS) is 14.1. The van der Waals surface area contributed by atoms with Crippen molar-refractivity contribution in [2.75, 3.05) is 18.6 Å². The van der Waals surface area contributed by atoms with Crippen molar-refractivity contribution < 1.29 is 14.6 Å². The van der Waals surface area contributed by atoms with Gasteiger partial charge in [0.25, 0.3) is 0 Å². The number of amidine groups is 1. The molecule has 0 unspecified atom stereocenters. The summed E-state index contributed by atoms with van der Waals surface area (Å²) in [4.78, 5) is 17.8. The SMILES string of the molecule is CCn1c(C2=C(O)CN(c3ccc(CC(=O)OC)cc3)C2=N)nc2ccccc21. The molecule has 7 nitrogen and oxygen atoms in total. The Balaban J connectivity index is 1.65. The van der Waals surface area contributed by atoms with Gasteiger partial charge in [0.1, 0.15) is 17.4 Å². The van der Waals surface area contributed by atoms with Gasteiger partial charge < -0.3 is 19.3 Å². The zero-order valence-electron chi connectivity index (χ0n) is 16.3. The summed E-state index contributed by atoms with van der Waals surface area (Å²) >= 11 is 0. The molecule has 0 fully saturated rings. The number of anilines is 1. The summed E-state index contributed by atoms with van der Waals surface area (Å²) in [5.41, 5.74) is 3.86. The van der Waals surface area contributed by atoms with Crippen LogP contribution >= 0.6 is 0 Å². The van der Waals surface area contributed by atoms with E-state index in [1.54, 1.807) is 4.90 Å². The summed E-state index contributed by atoms with van der Waals surface area (Å²) in [5.74, 6) is 0.625. The van der Waals surface area contributed by atoms with Gasteiger partial charge in [-0.3, -0.25) is 10.2 Å². The topological polar surface area (TPSA) is 91.4 Å². The first-order valence-electron chi connectivity index (χ1n) is 9.43. The number of rotatable bonds is 5. The Kier molecular flexibility index (Phi) is 4.80. The van der Waals surface area contributed by atoms with Crippen LogP contribution in [0.25, 0.3) is 16.6 Å². The number of aliphatic hydroxyl groups excluding tert-OH is 1. The minimum atomic E-state index is -0.299. The second-order valence-corrected chi connectivity index (χ2v) is 6.84. The molecule has 0 amide bonds. The minimum absolute atomic E-state index is 0.124. The first-order valence-corrected chi connectivity index (χ1v) is 9.43. The lowest BCUT2D eigenvalue weighted by Gasteiger charge is -2.19. The van der Waals surface area contributed by atoms with Crippen molar-refractivity contribution in [3.05, 3.63) is 65.7 Å². The number of methoxy groups -OCH3 is 1. The fourth-order valence-electron chi connectivity index (χ4n) is 3.65. The Labute approximate surface area is 168 Å². The highest BCUT2D eigenvalue weighted by molar-refractivity contribution is 6.30. The third kappa shape index (κ3) is 3.24. The third-order valence-corrected chi connectivity index (χ3v) is 5.12. The molecule has 0 saturated heterocycles. The zero-order valence-corrected chi connectivity index (χ0v) is 16.3. The van der Waals surface area contributed by atoms with E-state index < -0.39 is 0 Å². The van der Waals surface area contributed by atoms with Crippen LogP contribution in [-0.2, 0) is 22.5 Å². The van der Waals surface area contributed by atoms with Gasteiger partial charge in [-0.1, -0.05) is 24.3 Å². The zero-order chi connectivity index (χ0) is 20.5. The van der Waals surface area contributed by atoms with Gasteiger partial charge in [0.2, 0.25) is 0 Å². The maximum Gasteiger partial charge on any atom is 0.309 e. The average molecular weight is 390 g/mol. The van der Waals surface area contributed by atoms with Crippen molar-refractivity contribution >= 4 is 34.1 Å². The van der Waals surface area contributed by atoms with Gasteiger partial charge in [-0.15, -0.1) is 0 Å². The lowest BCUT2D eigenvalue weighted by Crippen LogP contribution is -2.26. The fraction of sp³-hybridized carbons (Fsp3) is 0.227. The van der Waals surface area contributed by atoms with E-state index in [1.165, 1.54) is 7.11 Å². The molecule has 2 N–H and O–H groups in total. The van der Waals surface area contributed by atoms with Crippen molar-refractivity contribution in [2.45, 2.75) is 19.9 Å². The number of hydrogen-bond donors (Lipinski definition) is 2. The van der Waals surface area contributed by atoms with Crippen LogP contribution in [0.4, 0.5) is 5.69 Å². The van der Waals surface area contributed by atoms with Crippen molar-refractivity contribution in [2.24, 2.45) is 0 Å². The minimum Gasteiger partial charge on any atom is -0.509 e. The second kappa shape index (κ2) is 7.43. The molecule has 0 bridgehead atoms. The van der Waals surface area contributed by atoms with E-state index >= 15 is 0 Å². The van der Waals surface area contributed by atoms with Gasteiger partial charge >= 0.3 is 5.97 Å². The second-order valence-electron chi connectivity index (χ2n) is 6.84. The van der Waals surface area contributed by atoms with Gasteiger partial charge in [0.05, 0.1) is 36.7 Å². The van der Waals surface area contributed by atoms with E-state index in [4.69, 9.17) is 10.1 Å². The molecule has 1 aliphatic heterocycles. The first-order chi connectivity index (χ1) is 14.0. The van der Waals surface area contributed by atoms with Crippen molar-refractivity contribution in [1.29, 1.82) is 5.41 Å². The van der Waals surface area contributed by atoms with E-state index in [0.29, 0.717) is 17.9 Å². The lowest BCUT2D eigenvalue weighted by molar-refractivity contribution is -0.139. The Morgan fingerprint density at radius 2 is 1.93 bits per heavy atom. The van der Waals surface area contributed by atoms with Crippen molar-refractivity contribution in [1.82, 2.24) is 9.55 Å². The van der Waals surface area contributed by atoms with E-state index in [2.05, 4.69) is 4.98 Å². The number of hydrogen-bond acceptors (Lipinski definition) is 5. The molecule has 148 valence electrons. The smallest absolute Gasteiger partial charge is 0.309 e. The Bertz CT molecular complexity index is 1130. The van der Waals surface area contributed by atoms with Crippen LogP contribution in [0.1, 0.15) is 18.3 Å². The number of carbonyl (C=O) groups excluding carboxylic acids is 1. The number of fused-ring (bicyclic) bond motifs is 1. The summed E-state index contributed by atoms with van der Waals surface area (Å²) in [6, 6.07) is 15.1. The van der Waals surface area contributed by atoms with Crippen LogP contribution < -0.4 is 4.90 Å². The van der Waals surface area contributed by atoms with E-state index in [9.17, 15) is 9.90 Å². The quantitative estimate of drug-likeness (QED) is 0.650. The Morgan fingerprint density at radius 3 is 2.62 bits per heavy atom. The van der Waals surface area contributed by atoms with Gasteiger partial charge in [-0.2, -0.15) is 0 Å². The molecule has 0 radical (unpaired) electrons. The number of benzene rings is 2. The van der Waals surface area contributed by atoms with Crippen molar-refractivity contribution in [3.8, 4) is 0 Å². The average Bonchev–Trinajstić information content (AvgIpc) is 3.24. The molecule has 2 heterocycles. The molecule has 3 aromatic rings. The molecule has 0 aliphatic carbocycles. The Morgan fingerprint density at radius 1 is 1.21 bits per heavy atom. The van der Waals surface area contributed by atoms with E-state index in [0.717, 1.165) is 22.3 Å². The predicted octanol–water partition coefficient (Wildman–Crippen LogP) is 3.54. The predicted molar refractivity (Wildman–Crippen MR) is 112 cm³/mol. The van der Waals surface area contributed by atoms with Crippen LogP contribution in [0.15, 0.2) is 54.3 Å². The molecular formula is C22H22N4O3. The Hall–Kier alpha value is -3.61. The third-order valence-electron chi connectivity index (χ3n) is 5.12. The highest BCUT2D eigenvalue weighted by Gasteiger charge is 2.32. The van der Waals surface area contributed by atoms with Crippen LogP contribution in [0.5, 0.6) is 0 Å². The number of aryl methyl sites for hydroxylation is 1. The number of carbonyl (C=O) groups is 1. The van der Waals surface area contributed by atoms with Gasteiger partial charge in [0.15, 0.2) is 0 Å². The van der Waals surface area contributed by atoms with Crippen LogP contribution in [0.2, 0.25) is 0 Å². The number of nitrogens with zero attached hydrogens (tertiary/aromatic N) is 3.